The average molecular weight is 364 g/mol. The first-order valence-electron chi connectivity index (χ1n) is 8.61. The second kappa shape index (κ2) is 7.25. The third-order valence-corrected chi connectivity index (χ3v) is 5.35. The Morgan fingerprint density at radius 1 is 1.12 bits per heavy atom. The van der Waals surface area contributed by atoms with E-state index in [1.807, 2.05) is 36.5 Å². The van der Waals surface area contributed by atoms with Gasteiger partial charge in [-0.3, -0.25) is 4.57 Å². The first kappa shape index (κ1) is 16.7. The Kier molecular flexibility index (Phi) is 4.67. The second-order valence-corrected chi connectivity index (χ2v) is 7.00. The number of para-hydroxylation sites is 1. The second-order valence-electron chi connectivity index (χ2n) is 5.94. The van der Waals surface area contributed by atoms with Gasteiger partial charge in [0, 0.05) is 34.5 Å². The number of nitrogens with one attached hydrogen (secondary N) is 1. The number of H-pyrrole nitrogens is 1. The minimum absolute atomic E-state index is 0.813. The largest absolute Gasteiger partial charge is 0.497 e. The molecule has 0 radical (unpaired) electrons. The fraction of sp³-hybridized carbons (Fsp3) is 0.200. The number of hydrogen-bond donors (Lipinski definition) is 1. The van der Waals surface area contributed by atoms with Crippen LogP contribution < -0.4 is 4.74 Å². The van der Waals surface area contributed by atoms with Crippen molar-refractivity contribution < 1.29 is 4.74 Å². The van der Waals surface area contributed by atoms with Crippen LogP contribution in [0.25, 0.3) is 28.0 Å². The van der Waals surface area contributed by atoms with Crippen molar-refractivity contribution >= 4 is 22.7 Å². The summed E-state index contributed by atoms with van der Waals surface area (Å²) in [5.41, 5.74) is 3.12. The minimum atomic E-state index is 0.813. The van der Waals surface area contributed by atoms with Gasteiger partial charge in [0.2, 0.25) is 0 Å². The van der Waals surface area contributed by atoms with Crippen LogP contribution in [0.2, 0.25) is 0 Å². The van der Waals surface area contributed by atoms with Gasteiger partial charge in [-0.1, -0.05) is 43.0 Å². The molecule has 1 N–H and O–H groups in total. The highest BCUT2D eigenvalue weighted by molar-refractivity contribution is 7.99. The molecule has 0 saturated carbocycles. The minimum Gasteiger partial charge on any atom is -0.497 e. The number of nitrogens with zero attached hydrogens (tertiary/aromatic N) is 3. The first-order chi connectivity index (χ1) is 12.8. The van der Waals surface area contributed by atoms with E-state index in [9.17, 15) is 0 Å². The topological polar surface area (TPSA) is 55.7 Å². The van der Waals surface area contributed by atoms with Gasteiger partial charge in [0.1, 0.15) is 5.75 Å². The molecule has 4 rings (SSSR count). The van der Waals surface area contributed by atoms with Crippen molar-refractivity contribution in [3.05, 3.63) is 54.7 Å². The zero-order valence-corrected chi connectivity index (χ0v) is 15.6. The zero-order valence-electron chi connectivity index (χ0n) is 14.8. The highest BCUT2D eigenvalue weighted by Gasteiger charge is 2.19. The van der Waals surface area contributed by atoms with Gasteiger partial charge in [-0.15, -0.1) is 10.2 Å². The number of methoxy groups -OCH3 is 1. The number of aromatic nitrogens is 4. The van der Waals surface area contributed by atoms with Gasteiger partial charge in [0.15, 0.2) is 11.0 Å². The quantitative estimate of drug-likeness (QED) is 0.493. The van der Waals surface area contributed by atoms with E-state index in [2.05, 4.69) is 44.9 Å². The molecule has 2 aromatic carbocycles. The molecule has 2 aromatic heterocycles. The Balaban J connectivity index is 1.91. The standard InChI is InChI=1S/C20H20N4OS/c1-3-11-26-20-23-22-19(17-13-21-18-10-5-4-9-16(17)18)24(20)14-7-6-8-15(12-14)25-2/h4-10,12-13,21H,3,11H2,1-2H3. The fourth-order valence-electron chi connectivity index (χ4n) is 2.97. The van der Waals surface area contributed by atoms with E-state index in [0.29, 0.717) is 0 Å². The average Bonchev–Trinajstić information content (AvgIpc) is 3.30. The Labute approximate surface area is 156 Å². The lowest BCUT2D eigenvalue weighted by Gasteiger charge is -2.11. The number of ether oxygens (including phenoxy) is 1. The number of benzene rings is 2. The van der Waals surface area contributed by atoms with Gasteiger partial charge in [0.05, 0.1) is 12.8 Å². The Hall–Kier alpha value is -2.73. The molecule has 0 unspecified atom stereocenters. The van der Waals surface area contributed by atoms with Crippen molar-refractivity contribution in [3.63, 3.8) is 0 Å². The maximum absolute atomic E-state index is 5.41. The summed E-state index contributed by atoms with van der Waals surface area (Å²) in [7, 11) is 1.68. The van der Waals surface area contributed by atoms with Gasteiger partial charge in [-0.2, -0.15) is 0 Å². The van der Waals surface area contributed by atoms with E-state index in [4.69, 9.17) is 4.74 Å². The number of hydrogen-bond acceptors (Lipinski definition) is 4. The van der Waals surface area contributed by atoms with Crippen molar-refractivity contribution in [1.82, 2.24) is 19.7 Å². The van der Waals surface area contributed by atoms with Crippen LogP contribution in [-0.4, -0.2) is 32.6 Å². The van der Waals surface area contributed by atoms with Crippen LogP contribution in [0, 0.1) is 0 Å². The van der Waals surface area contributed by atoms with Crippen LogP contribution >= 0.6 is 11.8 Å². The number of aromatic amines is 1. The lowest BCUT2D eigenvalue weighted by Crippen LogP contribution is -2.00. The molecule has 6 heteroatoms. The molecule has 0 aliphatic rings. The van der Waals surface area contributed by atoms with Crippen LogP contribution in [0.5, 0.6) is 5.75 Å². The van der Waals surface area contributed by atoms with E-state index in [0.717, 1.165) is 51.1 Å². The zero-order chi connectivity index (χ0) is 17.9. The first-order valence-corrected chi connectivity index (χ1v) is 9.59. The summed E-state index contributed by atoms with van der Waals surface area (Å²) in [6.07, 6.45) is 3.08. The molecule has 0 spiro atoms. The van der Waals surface area contributed by atoms with Crippen molar-refractivity contribution in [3.8, 4) is 22.8 Å². The van der Waals surface area contributed by atoms with Gasteiger partial charge in [0.25, 0.3) is 0 Å². The van der Waals surface area contributed by atoms with Crippen molar-refractivity contribution in [2.75, 3.05) is 12.9 Å². The Morgan fingerprint density at radius 2 is 2.00 bits per heavy atom. The molecule has 0 bridgehead atoms. The Bertz CT molecular complexity index is 1040. The van der Waals surface area contributed by atoms with E-state index in [-0.39, 0.29) is 0 Å². The molecule has 0 fully saturated rings. The number of rotatable bonds is 6. The van der Waals surface area contributed by atoms with E-state index in [1.54, 1.807) is 18.9 Å². The predicted octanol–water partition coefficient (Wildman–Crippen LogP) is 4.93. The molecule has 0 saturated heterocycles. The summed E-state index contributed by atoms with van der Waals surface area (Å²) in [5, 5.41) is 11.0. The van der Waals surface area contributed by atoms with Crippen molar-refractivity contribution in [2.45, 2.75) is 18.5 Å². The highest BCUT2D eigenvalue weighted by Crippen LogP contribution is 2.33. The molecular formula is C20H20N4OS. The summed E-state index contributed by atoms with van der Waals surface area (Å²) in [5.74, 6) is 2.64. The van der Waals surface area contributed by atoms with E-state index >= 15 is 0 Å². The molecule has 0 aliphatic carbocycles. The van der Waals surface area contributed by atoms with Crippen LogP contribution in [-0.2, 0) is 0 Å². The molecule has 0 atom stereocenters. The summed E-state index contributed by atoms with van der Waals surface area (Å²) < 4.78 is 7.52. The van der Waals surface area contributed by atoms with Gasteiger partial charge in [-0.25, -0.2) is 0 Å². The highest BCUT2D eigenvalue weighted by atomic mass is 32.2. The van der Waals surface area contributed by atoms with Crippen LogP contribution in [0.4, 0.5) is 0 Å². The summed E-state index contributed by atoms with van der Waals surface area (Å²) >= 11 is 1.72. The summed E-state index contributed by atoms with van der Waals surface area (Å²) in [6, 6.07) is 16.2. The maximum Gasteiger partial charge on any atom is 0.196 e. The molecule has 5 nitrogen and oxygen atoms in total. The number of fused-ring (bicyclic) bond motifs is 1. The van der Waals surface area contributed by atoms with E-state index in [1.165, 1.54) is 0 Å². The maximum atomic E-state index is 5.41. The van der Waals surface area contributed by atoms with Crippen LogP contribution in [0.15, 0.2) is 59.9 Å². The Morgan fingerprint density at radius 3 is 2.85 bits per heavy atom. The molecule has 26 heavy (non-hydrogen) atoms. The van der Waals surface area contributed by atoms with Gasteiger partial charge >= 0.3 is 0 Å². The van der Waals surface area contributed by atoms with Crippen LogP contribution in [0.1, 0.15) is 13.3 Å². The lowest BCUT2D eigenvalue weighted by molar-refractivity contribution is 0.414. The molecule has 0 amide bonds. The predicted molar refractivity (Wildman–Crippen MR) is 106 cm³/mol. The molecule has 2 heterocycles. The van der Waals surface area contributed by atoms with E-state index < -0.39 is 0 Å². The molecule has 0 aliphatic heterocycles. The SMILES string of the molecule is CCCSc1nnc(-c2c[nH]c3ccccc23)n1-c1cccc(OC)c1. The fourth-order valence-corrected chi connectivity index (χ4v) is 3.78. The summed E-state index contributed by atoms with van der Waals surface area (Å²) in [6.45, 7) is 2.17. The number of thioether (sulfide) groups is 1. The van der Waals surface area contributed by atoms with Crippen molar-refractivity contribution in [2.24, 2.45) is 0 Å². The van der Waals surface area contributed by atoms with Crippen LogP contribution in [0.3, 0.4) is 0 Å². The summed E-state index contributed by atoms with van der Waals surface area (Å²) in [4.78, 5) is 3.33. The van der Waals surface area contributed by atoms with Gasteiger partial charge < -0.3 is 9.72 Å². The van der Waals surface area contributed by atoms with Crippen molar-refractivity contribution in [1.29, 1.82) is 0 Å². The third-order valence-electron chi connectivity index (χ3n) is 4.21. The normalized spacial score (nSPS) is 11.2. The van der Waals surface area contributed by atoms with Gasteiger partial charge in [-0.05, 0) is 24.6 Å². The smallest absolute Gasteiger partial charge is 0.196 e. The molecule has 4 aromatic rings. The third kappa shape index (κ3) is 2.97. The monoisotopic (exact) mass is 364 g/mol. The molecule has 132 valence electrons. The molecular weight excluding hydrogens is 344 g/mol. The lowest BCUT2D eigenvalue weighted by atomic mass is 10.1.